The van der Waals surface area contributed by atoms with Crippen molar-refractivity contribution in [1.29, 1.82) is 0 Å². The fourth-order valence-corrected chi connectivity index (χ4v) is 1.03. The fourth-order valence-electron chi connectivity index (χ4n) is 1.03. The van der Waals surface area contributed by atoms with Crippen molar-refractivity contribution in [3.63, 3.8) is 0 Å². The first-order chi connectivity index (χ1) is 8.41. The van der Waals surface area contributed by atoms with Crippen molar-refractivity contribution >= 4 is 17.2 Å². The third-order valence-corrected chi connectivity index (χ3v) is 1.91. The molecule has 1 unspecified atom stereocenters. The molecule has 0 aliphatic carbocycles. The van der Waals surface area contributed by atoms with Crippen molar-refractivity contribution in [3.05, 3.63) is 44.5 Å². The molecule has 94 valence electrons. The molecular formula is C9H8N4O5. The maximum absolute atomic E-state index is 10.9. The summed E-state index contributed by atoms with van der Waals surface area (Å²) in [6, 6.07) is 4.92. The highest BCUT2D eigenvalue weighted by Crippen LogP contribution is 2.18. The lowest BCUT2D eigenvalue weighted by atomic mass is 10.3. The summed E-state index contributed by atoms with van der Waals surface area (Å²) in [5.74, 6) is -0.745. The van der Waals surface area contributed by atoms with Crippen LogP contribution in [0.5, 0.6) is 0 Å². The van der Waals surface area contributed by atoms with E-state index >= 15 is 0 Å². The van der Waals surface area contributed by atoms with Gasteiger partial charge < -0.3 is 0 Å². The van der Waals surface area contributed by atoms with Crippen LogP contribution < -0.4 is 0 Å². The quantitative estimate of drug-likeness (QED) is 0.448. The average molecular weight is 252 g/mol. The Morgan fingerprint density at radius 2 is 1.78 bits per heavy atom. The molecule has 0 saturated carbocycles. The predicted molar refractivity (Wildman–Crippen MR) is 59.1 cm³/mol. The Kier molecular flexibility index (Phi) is 4.13. The summed E-state index contributed by atoms with van der Waals surface area (Å²) in [7, 11) is 0. The first kappa shape index (κ1) is 13.4. The first-order valence-corrected chi connectivity index (χ1v) is 4.71. The lowest BCUT2D eigenvalue weighted by Gasteiger charge is -1.97. The summed E-state index contributed by atoms with van der Waals surface area (Å²) in [5, 5.41) is 27.6. The number of azo groups is 1. The minimum Gasteiger partial charge on any atom is -0.290 e. The van der Waals surface area contributed by atoms with Crippen LogP contribution in [0.4, 0.5) is 11.4 Å². The van der Waals surface area contributed by atoms with Gasteiger partial charge in [0.1, 0.15) is 0 Å². The molecule has 9 nitrogen and oxygen atoms in total. The van der Waals surface area contributed by atoms with Crippen LogP contribution in [0.1, 0.15) is 6.92 Å². The van der Waals surface area contributed by atoms with E-state index in [0.29, 0.717) is 0 Å². The second-order valence-corrected chi connectivity index (χ2v) is 3.26. The molecule has 1 rings (SSSR count). The van der Waals surface area contributed by atoms with Gasteiger partial charge >= 0.3 is 6.17 Å². The number of hydrogen-bond acceptors (Lipinski definition) is 7. The smallest absolute Gasteiger partial charge is 0.290 e. The Morgan fingerprint density at radius 1 is 1.22 bits per heavy atom. The largest absolute Gasteiger partial charge is 0.378 e. The number of nitro groups is 2. The predicted octanol–water partition coefficient (Wildman–Crippen LogP) is 1.87. The summed E-state index contributed by atoms with van der Waals surface area (Å²) >= 11 is 0. The number of ketones is 1. The van der Waals surface area contributed by atoms with Gasteiger partial charge in [0.05, 0.1) is 15.5 Å². The molecular weight excluding hydrogens is 244 g/mol. The number of Topliss-reactive ketones (excluding diaryl/α,β-unsaturated/α-hetero) is 1. The van der Waals surface area contributed by atoms with E-state index in [0.717, 1.165) is 6.92 Å². The molecule has 0 aromatic heterocycles. The van der Waals surface area contributed by atoms with Crippen LogP contribution in [0.25, 0.3) is 0 Å². The monoisotopic (exact) mass is 252 g/mol. The first-order valence-electron chi connectivity index (χ1n) is 4.71. The molecule has 1 aromatic carbocycles. The Hall–Kier alpha value is -2.71. The highest BCUT2D eigenvalue weighted by atomic mass is 16.6. The van der Waals surface area contributed by atoms with Crippen molar-refractivity contribution in [1.82, 2.24) is 0 Å². The Balaban J connectivity index is 2.86. The maximum atomic E-state index is 10.9. The Labute approximate surface area is 100 Å². The summed E-state index contributed by atoms with van der Waals surface area (Å²) in [6.45, 7) is 1.03. The molecule has 0 aliphatic heterocycles. The zero-order valence-electron chi connectivity index (χ0n) is 9.22. The number of rotatable bonds is 5. The van der Waals surface area contributed by atoms with E-state index in [1.54, 1.807) is 0 Å². The van der Waals surface area contributed by atoms with Crippen molar-refractivity contribution in [2.45, 2.75) is 13.1 Å². The molecule has 1 atom stereocenters. The molecule has 0 heterocycles. The molecule has 0 fully saturated rings. The van der Waals surface area contributed by atoms with Gasteiger partial charge in [-0.05, 0) is 12.1 Å². The van der Waals surface area contributed by atoms with E-state index in [4.69, 9.17) is 0 Å². The SMILES string of the molecule is CC(=O)C(N=Nc1ccc([N+](=O)[O-])cc1)[N+](=O)[O-]. The van der Waals surface area contributed by atoms with Gasteiger partial charge in [-0.15, -0.1) is 10.2 Å². The topological polar surface area (TPSA) is 128 Å². The number of non-ortho nitro benzene ring substituents is 1. The standard InChI is InChI=1S/C9H8N4O5/c1-6(14)9(13(17)18)11-10-7-2-4-8(5-3-7)12(15)16/h2-5,9H,1H3. The summed E-state index contributed by atoms with van der Waals surface area (Å²) < 4.78 is 0. The summed E-state index contributed by atoms with van der Waals surface area (Å²) in [5.41, 5.74) is 0.0556. The lowest BCUT2D eigenvalue weighted by Crippen LogP contribution is -2.24. The average Bonchev–Trinajstić information content (AvgIpc) is 2.28. The third kappa shape index (κ3) is 3.40. The van der Waals surface area contributed by atoms with Crippen LogP contribution in [0.3, 0.4) is 0 Å². The van der Waals surface area contributed by atoms with Gasteiger partial charge in [-0.1, -0.05) is 0 Å². The molecule has 0 aliphatic rings. The van der Waals surface area contributed by atoms with Gasteiger partial charge in [0.25, 0.3) is 5.69 Å². The van der Waals surface area contributed by atoms with E-state index in [9.17, 15) is 25.0 Å². The molecule has 1 aromatic rings. The second kappa shape index (κ2) is 5.57. The van der Waals surface area contributed by atoms with E-state index in [1.807, 2.05) is 0 Å². The molecule has 18 heavy (non-hydrogen) atoms. The van der Waals surface area contributed by atoms with Gasteiger partial charge in [-0.3, -0.25) is 25.0 Å². The minimum absolute atomic E-state index is 0.133. The van der Waals surface area contributed by atoms with Crippen molar-refractivity contribution < 1.29 is 14.6 Å². The highest BCUT2D eigenvalue weighted by molar-refractivity contribution is 5.79. The fraction of sp³-hybridized carbons (Fsp3) is 0.222. The zero-order chi connectivity index (χ0) is 13.7. The summed E-state index contributed by atoms with van der Waals surface area (Å²) in [4.78, 5) is 30.2. The van der Waals surface area contributed by atoms with Crippen LogP contribution in [-0.2, 0) is 4.79 Å². The highest BCUT2D eigenvalue weighted by Gasteiger charge is 2.24. The third-order valence-electron chi connectivity index (χ3n) is 1.91. The van der Waals surface area contributed by atoms with Crippen molar-refractivity contribution in [2.75, 3.05) is 0 Å². The minimum atomic E-state index is -1.75. The van der Waals surface area contributed by atoms with E-state index in [2.05, 4.69) is 10.2 Å². The molecule has 0 radical (unpaired) electrons. The Bertz CT molecular complexity index is 496. The molecule has 0 N–H and O–H groups in total. The van der Waals surface area contributed by atoms with Crippen LogP contribution >= 0.6 is 0 Å². The van der Waals surface area contributed by atoms with E-state index in [-0.39, 0.29) is 11.4 Å². The molecule has 0 saturated heterocycles. The number of carbonyl (C=O) groups excluding carboxylic acids is 1. The van der Waals surface area contributed by atoms with Crippen LogP contribution in [0.15, 0.2) is 34.5 Å². The van der Waals surface area contributed by atoms with Gasteiger partial charge in [-0.2, -0.15) is 0 Å². The Morgan fingerprint density at radius 3 is 2.17 bits per heavy atom. The molecule has 0 bridgehead atoms. The molecule has 0 spiro atoms. The number of benzene rings is 1. The van der Waals surface area contributed by atoms with Crippen LogP contribution in [0.2, 0.25) is 0 Å². The van der Waals surface area contributed by atoms with Gasteiger partial charge in [0.2, 0.25) is 5.78 Å². The maximum Gasteiger partial charge on any atom is 0.378 e. The van der Waals surface area contributed by atoms with E-state index < -0.39 is 21.8 Å². The normalized spacial score (nSPS) is 12.3. The molecule has 0 amide bonds. The van der Waals surface area contributed by atoms with Gasteiger partial charge in [0.15, 0.2) is 0 Å². The van der Waals surface area contributed by atoms with Crippen LogP contribution in [-0.4, -0.2) is 21.8 Å². The number of nitrogens with zero attached hydrogens (tertiary/aromatic N) is 4. The van der Waals surface area contributed by atoms with E-state index in [1.165, 1.54) is 24.3 Å². The van der Waals surface area contributed by atoms with Crippen molar-refractivity contribution in [2.24, 2.45) is 10.2 Å². The second-order valence-electron chi connectivity index (χ2n) is 3.26. The number of nitro benzene ring substituents is 1. The lowest BCUT2D eigenvalue weighted by molar-refractivity contribution is -0.506. The number of hydrogen-bond donors (Lipinski definition) is 0. The van der Waals surface area contributed by atoms with Crippen LogP contribution in [0, 0.1) is 20.2 Å². The molecule has 9 heteroatoms. The summed E-state index contributed by atoms with van der Waals surface area (Å²) in [6.07, 6.45) is -1.75. The van der Waals surface area contributed by atoms with Gasteiger partial charge in [-0.25, -0.2) is 0 Å². The van der Waals surface area contributed by atoms with Crippen molar-refractivity contribution in [3.8, 4) is 0 Å². The van der Waals surface area contributed by atoms with Gasteiger partial charge in [0, 0.05) is 19.1 Å². The zero-order valence-corrected chi connectivity index (χ0v) is 9.22. The number of carbonyl (C=O) groups is 1.